The van der Waals surface area contributed by atoms with Gasteiger partial charge in [-0.15, -0.1) is 0 Å². The Balaban J connectivity index is -0.000000112. The summed E-state index contributed by atoms with van der Waals surface area (Å²) in [5.41, 5.74) is 4.53. The van der Waals surface area contributed by atoms with Crippen molar-refractivity contribution in [2.75, 3.05) is 27.8 Å². The zero-order chi connectivity index (χ0) is 16.8. The van der Waals surface area contributed by atoms with Crippen molar-refractivity contribution < 1.29 is 36.4 Å². The molecule has 0 aliphatic carbocycles. The molecule has 0 saturated carbocycles. The van der Waals surface area contributed by atoms with Gasteiger partial charge in [-0.2, -0.15) is 0 Å². The van der Waals surface area contributed by atoms with Gasteiger partial charge in [0.15, 0.2) is 6.67 Å². The largest absolute Gasteiger partial charge is 1.00 e. The van der Waals surface area contributed by atoms with E-state index in [4.69, 9.17) is 5.11 Å². The first-order valence-electron chi connectivity index (χ1n) is 5.48. The summed E-state index contributed by atoms with van der Waals surface area (Å²) in [5.74, 6) is -1.58. The first-order chi connectivity index (χ1) is 8.99. The van der Waals surface area contributed by atoms with Crippen LogP contribution in [0.25, 0.3) is 0 Å². The summed E-state index contributed by atoms with van der Waals surface area (Å²) in [6, 6.07) is 0. The molecule has 0 aromatic carbocycles. The summed E-state index contributed by atoms with van der Waals surface area (Å²) in [5, 5.41) is 10.3. The number of carboxylic acid groups (broad SMARTS) is 1. The number of hydrogen-bond acceptors (Lipinski definition) is 3. The van der Waals surface area contributed by atoms with Gasteiger partial charge in [0, 0.05) is 6.08 Å². The molecule has 4 N–H and O–H groups in total. The summed E-state index contributed by atoms with van der Waals surface area (Å²) in [4.78, 5) is 29.3. The molecule has 8 heteroatoms. The van der Waals surface area contributed by atoms with Crippen molar-refractivity contribution in [3.05, 3.63) is 38.0 Å². The fraction of sp³-hybridized carbons (Fsp3) is 0.308. The standard InChI is InChI=1S/C7H14N2O.C3H5NO.C3H4O2.ClH/c1-5-7(10)8-6-9(2,3)4;2*1-2-3(4)5;/h5H,1,6H2,2-4H3;2H,1H2,(H2,4,5);2H,1H2,(H,4,5);1H. The minimum atomic E-state index is -0.981. The third kappa shape index (κ3) is 46.2. The minimum absolute atomic E-state index is 0. The van der Waals surface area contributed by atoms with Crippen LogP contribution in [0.5, 0.6) is 0 Å². The third-order valence-electron chi connectivity index (χ3n) is 1.29. The maximum Gasteiger partial charge on any atom is 0.327 e. The number of carbonyl (C=O) groups excluding carboxylic acids is 2. The second kappa shape index (κ2) is 15.9. The number of hydrogen-bond donors (Lipinski definition) is 3. The minimum Gasteiger partial charge on any atom is -1.00 e. The lowest BCUT2D eigenvalue weighted by molar-refractivity contribution is -0.872. The third-order valence-corrected chi connectivity index (χ3v) is 1.29. The van der Waals surface area contributed by atoms with Crippen molar-refractivity contribution in [2.24, 2.45) is 5.73 Å². The van der Waals surface area contributed by atoms with Crippen LogP contribution in [0.4, 0.5) is 0 Å². The van der Waals surface area contributed by atoms with E-state index in [-0.39, 0.29) is 18.3 Å². The van der Waals surface area contributed by atoms with Crippen LogP contribution in [-0.4, -0.2) is 55.2 Å². The topological polar surface area (TPSA) is 109 Å². The SMILES string of the molecule is C=CC(=O)NC[N+](C)(C)C.C=CC(=O)O.C=CC(N)=O.[Cl-]. The molecule has 0 aliphatic heterocycles. The van der Waals surface area contributed by atoms with Crippen LogP contribution in [0.1, 0.15) is 0 Å². The monoisotopic (exact) mass is 321 g/mol. The van der Waals surface area contributed by atoms with E-state index in [0.29, 0.717) is 6.67 Å². The number of amides is 2. The van der Waals surface area contributed by atoms with E-state index in [2.05, 4.69) is 30.8 Å². The van der Waals surface area contributed by atoms with Gasteiger partial charge >= 0.3 is 5.97 Å². The smallest absolute Gasteiger partial charge is 0.327 e. The molecule has 0 bridgehead atoms. The molecular weight excluding hydrogens is 298 g/mol. The van der Waals surface area contributed by atoms with Gasteiger partial charge in [0.05, 0.1) is 21.1 Å². The number of halogens is 1. The average molecular weight is 322 g/mol. The number of nitrogens with one attached hydrogen (secondary N) is 1. The van der Waals surface area contributed by atoms with Crippen molar-refractivity contribution in [1.29, 1.82) is 0 Å². The summed E-state index contributed by atoms with van der Waals surface area (Å²) in [7, 11) is 6.01. The molecule has 0 rings (SSSR count). The maximum absolute atomic E-state index is 10.6. The molecule has 0 saturated heterocycles. The van der Waals surface area contributed by atoms with Gasteiger partial charge in [0.2, 0.25) is 11.8 Å². The Hall–Kier alpha value is -2.12. The zero-order valence-corrected chi connectivity index (χ0v) is 13.4. The van der Waals surface area contributed by atoms with Crippen molar-refractivity contribution >= 4 is 17.8 Å². The quantitative estimate of drug-likeness (QED) is 0.282. The predicted molar refractivity (Wildman–Crippen MR) is 78.5 cm³/mol. The van der Waals surface area contributed by atoms with Crippen LogP contribution in [0.15, 0.2) is 38.0 Å². The molecule has 0 heterocycles. The van der Waals surface area contributed by atoms with Gasteiger partial charge in [0.1, 0.15) is 0 Å². The molecule has 122 valence electrons. The molecule has 21 heavy (non-hydrogen) atoms. The summed E-state index contributed by atoms with van der Waals surface area (Å²) >= 11 is 0. The highest BCUT2D eigenvalue weighted by molar-refractivity contribution is 5.86. The first-order valence-corrected chi connectivity index (χ1v) is 5.48. The Morgan fingerprint density at radius 3 is 1.57 bits per heavy atom. The molecule has 0 aromatic heterocycles. The van der Waals surface area contributed by atoms with E-state index < -0.39 is 11.9 Å². The molecule has 0 unspecified atom stereocenters. The van der Waals surface area contributed by atoms with Crippen LogP contribution >= 0.6 is 0 Å². The fourth-order valence-electron chi connectivity index (χ4n) is 0.387. The summed E-state index contributed by atoms with van der Waals surface area (Å²) in [6.45, 7) is 10.0. The molecule has 7 nitrogen and oxygen atoms in total. The predicted octanol–water partition coefficient (Wildman–Crippen LogP) is -3.13. The number of carboxylic acids is 1. The van der Waals surface area contributed by atoms with Crippen molar-refractivity contribution in [3.8, 4) is 0 Å². The van der Waals surface area contributed by atoms with Crippen LogP contribution in [0.3, 0.4) is 0 Å². The van der Waals surface area contributed by atoms with E-state index in [1.165, 1.54) is 6.08 Å². The number of carbonyl (C=O) groups is 3. The molecule has 0 fully saturated rings. The number of nitrogens with zero attached hydrogens (tertiary/aromatic N) is 1. The lowest BCUT2D eigenvalue weighted by Gasteiger charge is -2.23. The van der Waals surface area contributed by atoms with Gasteiger partial charge < -0.3 is 33.0 Å². The Morgan fingerprint density at radius 2 is 1.43 bits per heavy atom. The number of nitrogens with two attached hydrogens (primary N) is 1. The van der Waals surface area contributed by atoms with E-state index >= 15 is 0 Å². The zero-order valence-electron chi connectivity index (χ0n) is 12.6. The Kier molecular flexibility index (Phi) is 20.7. The summed E-state index contributed by atoms with van der Waals surface area (Å²) < 4.78 is 0.722. The Bertz CT molecular complexity index is 345. The second-order valence-corrected chi connectivity index (χ2v) is 4.34. The van der Waals surface area contributed by atoms with E-state index in [0.717, 1.165) is 16.6 Å². The normalized spacial score (nSPS) is 8.14. The molecule has 0 aromatic rings. The number of aliphatic carboxylic acids is 1. The van der Waals surface area contributed by atoms with E-state index in [1.54, 1.807) is 0 Å². The summed E-state index contributed by atoms with van der Waals surface area (Å²) in [6.07, 6.45) is 3.16. The van der Waals surface area contributed by atoms with Gasteiger partial charge in [-0.3, -0.25) is 9.59 Å². The second-order valence-electron chi connectivity index (χ2n) is 4.34. The number of rotatable bonds is 5. The van der Waals surface area contributed by atoms with Gasteiger partial charge in [-0.25, -0.2) is 4.79 Å². The lowest BCUT2D eigenvalue weighted by atomic mass is 10.6. The molecule has 2 amide bonds. The first kappa shape index (κ1) is 27.3. The van der Waals surface area contributed by atoms with Crippen LogP contribution in [0.2, 0.25) is 0 Å². The Morgan fingerprint density at radius 1 is 1.10 bits per heavy atom. The van der Waals surface area contributed by atoms with E-state index in [1.807, 2.05) is 21.1 Å². The highest BCUT2D eigenvalue weighted by atomic mass is 35.5. The fourth-order valence-corrected chi connectivity index (χ4v) is 0.387. The Labute approximate surface area is 131 Å². The van der Waals surface area contributed by atoms with Gasteiger partial charge in [-0.05, 0) is 12.2 Å². The van der Waals surface area contributed by atoms with Crippen LogP contribution < -0.4 is 23.5 Å². The van der Waals surface area contributed by atoms with Crippen molar-refractivity contribution in [2.45, 2.75) is 0 Å². The number of quaternary nitrogens is 1. The van der Waals surface area contributed by atoms with Crippen molar-refractivity contribution in [3.63, 3.8) is 0 Å². The van der Waals surface area contributed by atoms with Gasteiger partial charge in [0.25, 0.3) is 0 Å². The van der Waals surface area contributed by atoms with Crippen LogP contribution in [-0.2, 0) is 14.4 Å². The van der Waals surface area contributed by atoms with Gasteiger partial charge in [-0.1, -0.05) is 19.7 Å². The van der Waals surface area contributed by atoms with E-state index in [9.17, 15) is 14.4 Å². The highest BCUT2D eigenvalue weighted by Gasteiger charge is 2.05. The van der Waals surface area contributed by atoms with Crippen molar-refractivity contribution in [1.82, 2.24) is 5.32 Å². The molecular formula is C13H24ClN3O4. The number of primary amides is 1. The average Bonchev–Trinajstić information content (AvgIpc) is 2.36. The highest BCUT2D eigenvalue weighted by Crippen LogP contribution is 1.84. The van der Waals surface area contributed by atoms with Crippen LogP contribution in [0, 0.1) is 0 Å². The molecule has 0 aliphatic rings. The lowest BCUT2D eigenvalue weighted by Crippen LogP contribution is -3.00. The maximum atomic E-state index is 10.6. The molecule has 0 spiro atoms. The molecule has 0 radical (unpaired) electrons. The molecule has 0 atom stereocenters.